The van der Waals surface area contributed by atoms with Gasteiger partial charge < -0.3 is 5.32 Å². The summed E-state index contributed by atoms with van der Waals surface area (Å²) in [6.45, 7) is 2.94. The van der Waals surface area contributed by atoms with Crippen LogP contribution in [0.2, 0.25) is 0 Å². The smallest absolute Gasteiger partial charge is 0.123 e. The Labute approximate surface area is 117 Å². The molecule has 1 unspecified atom stereocenters. The van der Waals surface area contributed by atoms with E-state index in [-0.39, 0.29) is 5.82 Å². The highest BCUT2D eigenvalue weighted by Gasteiger charge is 2.22. The molecule has 1 heterocycles. The van der Waals surface area contributed by atoms with Crippen molar-refractivity contribution >= 4 is 15.9 Å². The highest BCUT2D eigenvalue weighted by atomic mass is 79.9. The van der Waals surface area contributed by atoms with Gasteiger partial charge in [0.2, 0.25) is 0 Å². The fourth-order valence-corrected chi connectivity index (χ4v) is 2.99. The Bertz CT molecular complexity index is 395. The number of likely N-dealkylation sites (tertiary alicyclic amines) is 1. The normalized spacial score (nSPS) is 21.2. The van der Waals surface area contributed by atoms with Gasteiger partial charge in [-0.05, 0) is 50.2 Å². The minimum atomic E-state index is -0.157. The molecule has 18 heavy (non-hydrogen) atoms. The van der Waals surface area contributed by atoms with Crippen LogP contribution in [0.5, 0.6) is 0 Å². The van der Waals surface area contributed by atoms with Crippen LogP contribution in [0.25, 0.3) is 0 Å². The maximum absolute atomic E-state index is 13.3. The molecule has 1 atom stereocenters. The van der Waals surface area contributed by atoms with Crippen LogP contribution in [0, 0.1) is 5.82 Å². The van der Waals surface area contributed by atoms with E-state index in [9.17, 15) is 4.39 Å². The minimum Gasteiger partial charge on any atom is -0.318 e. The number of halogens is 2. The SMILES string of the molecule is CNCC1CCCCN1Cc1cc(F)ccc1Br. The van der Waals surface area contributed by atoms with Gasteiger partial charge in [0.05, 0.1) is 0 Å². The molecule has 2 nitrogen and oxygen atoms in total. The Kier molecular flexibility index (Phi) is 5.15. The molecule has 0 amide bonds. The fourth-order valence-electron chi connectivity index (χ4n) is 2.62. The minimum absolute atomic E-state index is 0.157. The van der Waals surface area contributed by atoms with E-state index < -0.39 is 0 Å². The summed E-state index contributed by atoms with van der Waals surface area (Å²) in [5.41, 5.74) is 1.04. The number of hydrogen-bond acceptors (Lipinski definition) is 2. The van der Waals surface area contributed by atoms with Crippen LogP contribution in [0.3, 0.4) is 0 Å². The molecule has 0 spiro atoms. The fraction of sp³-hybridized carbons (Fsp3) is 0.571. The van der Waals surface area contributed by atoms with E-state index >= 15 is 0 Å². The van der Waals surface area contributed by atoms with Crippen LogP contribution in [-0.2, 0) is 6.54 Å². The Morgan fingerprint density at radius 2 is 2.28 bits per heavy atom. The molecule has 1 aromatic rings. The molecule has 1 aromatic carbocycles. The first-order valence-electron chi connectivity index (χ1n) is 6.53. The summed E-state index contributed by atoms with van der Waals surface area (Å²) >= 11 is 3.51. The Morgan fingerprint density at radius 1 is 1.44 bits per heavy atom. The predicted octanol–water partition coefficient (Wildman–Crippen LogP) is 3.16. The number of piperidine rings is 1. The highest BCUT2D eigenvalue weighted by molar-refractivity contribution is 9.10. The van der Waals surface area contributed by atoms with Gasteiger partial charge in [0.25, 0.3) is 0 Å². The Hall–Kier alpha value is -0.450. The predicted molar refractivity (Wildman–Crippen MR) is 76.1 cm³/mol. The second-order valence-corrected chi connectivity index (χ2v) is 5.77. The summed E-state index contributed by atoms with van der Waals surface area (Å²) in [7, 11) is 1.99. The Morgan fingerprint density at radius 3 is 3.06 bits per heavy atom. The first kappa shape index (κ1) is 14.0. The number of likely N-dealkylation sites (N-methyl/N-ethyl adjacent to an activating group) is 1. The van der Waals surface area contributed by atoms with Crippen molar-refractivity contribution in [3.8, 4) is 0 Å². The molecule has 100 valence electrons. The van der Waals surface area contributed by atoms with Gasteiger partial charge in [-0.25, -0.2) is 4.39 Å². The van der Waals surface area contributed by atoms with Crippen LogP contribution in [0.1, 0.15) is 24.8 Å². The van der Waals surface area contributed by atoms with Gasteiger partial charge in [-0.3, -0.25) is 4.90 Å². The van der Waals surface area contributed by atoms with E-state index in [0.717, 1.165) is 29.7 Å². The van der Waals surface area contributed by atoms with Crippen LogP contribution >= 0.6 is 15.9 Å². The van der Waals surface area contributed by atoms with Crippen LogP contribution in [0.4, 0.5) is 4.39 Å². The molecule has 4 heteroatoms. The molecular formula is C14H20BrFN2. The van der Waals surface area contributed by atoms with Crippen molar-refractivity contribution < 1.29 is 4.39 Å². The average Bonchev–Trinajstić information content (AvgIpc) is 2.36. The van der Waals surface area contributed by atoms with Gasteiger partial charge in [0, 0.05) is 23.6 Å². The summed E-state index contributed by atoms with van der Waals surface area (Å²) in [6.07, 6.45) is 3.77. The van der Waals surface area contributed by atoms with Crippen molar-refractivity contribution in [1.82, 2.24) is 10.2 Å². The molecule has 2 rings (SSSR count). The molecule has 0 saturated carbocycles. The first-order valence-corrected chi connectivity index (χ1v) is 7.32. The van der Waals surface area contributed by atoms with E-state index in [0.29, 0.717) is 6.04 Å². The maximum Gasteiger partial charge on any atom is 0.123 e. The van der Waals surface area contributed by atoms with Crippen molar-refractivity contribution in [2.75, 3.05) is 20.1 Å². The lowest BCUT2D eigenvalue weighted by atomic mass is 10.0. The first-order chi connectivity index (χ1) is 8.70. The lowest BCUT2D eigenvalue weighted by Crippen LogP contribution is -2.44. The number of rotatable bonds is 4. The molecular weight excluding hydrogens is 295 g/mol. The standard InChI is InChI=1S/C14H20BrFN2/c1-17-9-13-4-2-3-7-18(13)10-11-8-12(16)5-6-14(11)15/h5-6,8,13,17H,2-4,7,9-10H2,1H3. The summed E-state index contributed by atoms with van der Waals surface area (Å²) < 4.78 is 14.3. The van der Waals surface area contributed by atoms with Gasteiger partial charge >= 0.3 is 0 Å². The Balaban J connectivity index is 2.08. The zero-order valence-electron chi connectivity index (χ0n) is 10.8. The quantitative estimate of drug-likeness (QED) is 0.918. The summed E-state index contributed by atoms with van der Waals surface area (Å²) in [5, 5.41) is 3.25. The van der Waals surface area contributed by atoms with Crippen molar-refractivity contribution in [2.45, 2.75) is 31.8 Å². The van der Waals surface area contributed by atoms with Crippen LogP contribution in [0.15, 0.2) is 22.7 Å². The van der Waals surface area contributed by atoms with Crippen molar-refractivity contribution in [2.24, 2.45) is 0 Å². The largest absolute Gasteiger partial charge is 0.318 e. The van der Waals surface area contributed by atoms with E-state index in [4.69, 9.17) is 0 Å². The molecule has 1 fully saturated rings. The van der Waals surface area contributed by atoms with Gasteiger partial charge in [-0.2, -0.15) is 0 Å². The molecule has 1 saturated heterocycles. The van der Waals surface area contributed by atoms with Crippen LogP contribution in [-0.4, -0.2) is 31.1 Å². The van der Waals surface area contributed by atoms with Crippen molar-refractivity contribution in [1.29, 1.82) is 0 Å². The lowest BCUT2D eigenvalue weighted by molar-refractivity contribution is 0.139. The third-order valence-electron chi connectivity index (χ3n) is 3.57. The third kappa shape index (κ3) is 3.53. The number of nitrogens with zero attached hydrogens (tertiary/aromatic N) is 1. The molecule has 0 radical (unpaired) electrons. The number of hydrogen-bond donors (Lipinski definition) is 1. The second kappa shape index (κ2) is 6.64. The average molecular weight is 315 g/mol. The summed E-state index contributed by atoms with van der Waals surface area (Å²) in [6, 6.07) is 5.49. The van der Waals surface area contributed by atoms with E-state index in [1.807, 2.05) is 7.05 Å². The van der Waals surface area contributed by atoms with Crippen LogP contribution < -0.4 is 5.32 Å². The third-order valence-corrected chi connectivity index (χ3v) is 4.34. The maximum atomic E-state index is 13.3. The van der Waals surface area contributed by atoms with Gasteiger partial charge in [0.15, 0.2) is 0 Å². The van der Waals surface area contributed by atoms with Gasteiger partial charge in [0.1, 0.15) is 5.82 Å². The van der Waals surface area contributed by atoms with E-state index in [1.54, 1.807) is 12.1 Å². The molecule has 0 bridgehead atoms. The van der Waals surface area contributed by atoms with E-state index in [1.165, 1.54) is 25.3 Å². The second-order valence-electron chi connectivity index (χ2n) is 4.91. The zero-order valence-corrected chi connectivity index (χ0v) is 12.3. The zero-order chi connectivity index (χ0) is 13.0. The molecule has 1 aliphatic rings. The molecule has 0 aromatic heterocycles. The monoisotopic (exact) mass is 314 g/mol. The van der Waals surface area contributed by atoms with Crippen molar-refractivity contribution in [3.63, 3.8) is 0 Å². The molecule has 1 N–H and O–H groups in total. The topological polar surface area (TPSA) is 15.3 Å². The highest BCUT2D eigenvalue weighted by Crippen LogP contribution is 2.24. The van der Waals surface area contributed by atoms with Gasteiger partial charge in [-0.15, -0.1) is 0 Å². The molecule has 1 aliphatic heterocycles. The summed E-state index contributed by atoms with van der Waals surface area (Å²) in [5.74, 6) is -0.157. The lowest BCUT2D eigenvalue weighted by Gasteiger charge is -2.35. The van der Waals surface area contributed by atoms with Gasteiger partial charge in [-0.1, -0.05) is 22.4 Å². The van der Waals surface area contributed by atoms with E-state index in [2.05, 4.69) is 26.1 Å². The number of benzene rings is 1. The van der Waals surface area contributed by atoms with Crippen molar-refractivity contribution in [3.05, 3.63) is 34.1 Å². The molecule has 0 aliphatic carbocycles. The summed E-state index contributed by atoms with van der Waals surface area (Å²) in [4.78, 5) is 2.46. The number of nitrogens with one attached hydrogen (secondary N) is 1.